The lowest BCUT2D eigenvalue weighted by atomic mass is 10.0. The predicted octanol–water partition coefficient (Wildman–Crippen LogP) is 4.05. The largest absolute Gasteiger partial charge is 0.417 e. The van der Waals surface area contributed by atoms with Crippen molar-refractivity contribution in [2.24, 2.45) is 17.8 Å². The molecule has 2 atom stereocenters. The van der Waals surface area contributed by atoms with Crippen LogP contribution < -0.4 is 0 Å². The number of rotatable bonds is 3. The summed E-state index contributed by atoms with van der Waals surface area (Å²) in [6, 6.07) is 0. The van der Waals surface area contributed by atoms with E-state index >= 15 is 0 Å². The van der Waals surface area contributed by atoms with Crippen molar-refractivity contribution in [2.75, 3.05) is 6.61 Å². The zero-order chi connectivity index (χ0) is 10.9. The van der Waals surface area contributed by atoms with Crippen molar-refractivity contribution in [1.82, 2.24) is 0 Å². The molecule has 2 unspecified atom stereocenters. The molecule has 0 aromatic heterocycles. The molecule has 0 bridgehead atoms. The molecule has 2 aliphatic carbocycles. The van der Waals surface area contributed by atoms with Gasteiger partial charge in [0.25, 0.3) is 0 Å². The molecule has 0 N–H and O–H groups in total. The summed E-state index contributed by atoms with van der Waals surface area (Å²) in [6.07, 6.45) is 8.89. The van der Waals surface area contributed by atoms with E-state index in [2.05, 4.69) is 19.6 Å². The third-order valence-corrected chi connectivity index (χ3v) is 5.08. The molecule has 2 fully saturated rings. The quantitative estimate of drug-likeness (QED) is 0.660. The molecule has 15 heavy (non-hydrogen) atoms. The van der Waals surface area contributed by atoms with Crippen molar-refractivity contribution in [1.29, 1.82) is 0 Å². The summed E-state index contributed by atoms with van der Waals surface area (Å²) in [7, 11) is -1.27. The summed E-state index contributed by atoms with van der Waals surface area (Å²) in [5.74, 6) is 3.03. The Morgan fingerprint density at radius 3 is 1.93 bits per heavy atom. The third kappa shape index (κ3) is 3.32. The summed E-state index contributed by atoms with van der Waals surface area (Å²) in [5, 5.41) is 0. The smallest absolute Gasteiger partial charge is 0.183 e. The van der Waals surface area contributed by atoms with E-state index in [1.54, 1.807) is 0 Å². The second kappa shape index (κ2) is 4.58. The van der Waals surface area contributed by atoms with Crippen LogP contribution in [-0.4, -0.2) is 14.9 Å². The lowest BCUT2D eigenvalue weighted by Crippen LogP contribution is -2.26. The van der Waals surface area contributed by atoms with Crippen LogP contribution in [0.4, 0.5) is 0 Å². The molecule has 0 amide bonds. The summed E-state index contributed by atoms with van der Waals surface area (Å²) >= 11 is 0. The molecule has 0 aromatic rings. The minimum atomic E-state index is -1.27. The summed E-state index contributed by atoms with van der Waals surface area (Å²) in [4.78, 5) is 0. The first-order valence-corrected chi connectivity index (χ1v) is 10.1. The fourth-order valence-corrected chi connectivity index (χ4v) is 3.78. The van der Waals surface area contributed by atoms with Crippen molar-refractivity contribution >= 4 is 8.32 Å². The van der Waals surface area contributed by atoms with Gasteiger partial charge in [0, 0.05) is 6.61 Å². The van der Waals surface area contributed by atoms with Crippen molar-refractivity contribution in [3.05, 3.63) is 0 Å². The standard InChI is InChI=1S/C13H26OSi/c1-15(2,3)14-10-13-11-8-6-4-5-7-9-12(11)13/h11-13H,4-10H2,1-3H3. The van der Waals surface area contributed by atoms with Gasteiger partial charge in [0.2, 0.25) is 0 Å². The van der Waals surface area contributed by atoms with E-state index in [9.17, 15) is 0 Å². The topological polar surface area (TPSA) is 9.23 Å². The molecule has 0 aromatic carbocycles. The van der Waals surface area contributed by atoms with Crippen molar-refractivity contribution < 1.29 is 4.43 Å². The number of fused-ring (bicyclic) bond motifs is 1. The molecule has 0 saturated heterocycles. The Kier molecular flexibility index (Phi) is 3.56. The van der Waals surface area contributed by atoms with Gasteiger partial charge in [-0.05, 0) is 50.2 Å². The van der Waals surface area contributed by atoms with E-state index in [1.807, 2.05) is 0 Å². The number of hydrogen-bond donors (Lipinski definition) is 0. The van der Waals surface area contributed by atoms with E-state index in [4.69, 9.17) is 4.43 Å². The molecule has 0 spiro atoms. The van der Waals surface area contributed by atoms with Gasteiger partial charge in [0.1, 0.15) is 0 Å². The average Bonchev–Trinajstić information content (AvgIpc) is 2.71. The first-order valence-electron chi connectivity index (χ1n) is 6.72. The lowest BCUT2D eigenvalue weighted by molar-refractivity contribution is 0.278. The second-order valence-corrected chi connectivity index (χ2v) is 10.9. The molecular weight excluding hydrogens is 200 g/mol. The van der Waals surface area contributed by atoms with Crippen LogP contribution in [0.15, 0.2) is 0 Å². The minimum Gasteiger partial charge on any atom is -0.417 e. The van der Waals surface area contributed by atoms with Gasteiger partial charge in [-0.25, -0.2) is 0 Å². The maximum absolute atomic E-state index is 6.07. The molecule has 2 aliphatic rings. The van der Waals surface area contributed by atoms with E-state index in [0.717, 1.165) is 24.4 Å². The molecule has 0 heterocycles. The van der Waals surface area contributed by atoms with Crippen LogP contribution in [0.25, 0.3) is 0 Å². The highest BCUT2D eigenvalue weighted by Gasteiger charge is 2.49. The molecule has 2 heteroatoms. The molecule has 0 radical (unpaired) electrons. The predicted molar refractivity (Wildman–Crippen MR) is 67.5 cm³/mol. The number of hydrogen-bond acceptors (Lipinski definition) is 1. The van der Waals surface area contributed by atoms with Gasteiger partial charge in [0.05, 0.1) is 0 Å². The molecular formula is C13H26OSi. The molecule has 0 aliphatic heterocycles. The summed E-state index contributed by atoms with van der Waals surface area (Å²) in [6.45, 7) is 7.98. The Balaban J connectivity index is 1.75. The van der Waals surface area contributed by atoms with Gasteiger partial charge in [-0.1, -0.05) is 25.7 Å². The van der Waals surface area contributed by atoms with Gasteiger partial charge in [-0.3, -0.25) is 0 Å². The summed E-state index contributed by atoms with van der Waals surface area (Å²) in [5.41, 5.74) is 0. The SMILES string of the molecule is C[Si](C)(C)OCC1C2CCCCCCC21. The lowest BCUT2D eigenvalue weighted by Gasteiger charge is -2.17. The molecule has 1 nitrogen and oxygen atoms in total. The molecule has 2 saturated carbocycles. The van der Waals surface area contributed by atoms with Gasteiger partial charge >= 0.3 is 0 Å². The van der Waals surface area contributed by atoms with E-state index in [1.165, 1.54) is 38.5 Å². The summed E-state index contributed by atoms with van der Waals surface area (Å²) < 4.78 is 6.07. The first kappa shape index (κ1) is 11.7. The Morgan fingerprint density at radius 2 is 1.47 bits per heavy atom. The van der Waals surface area contributed by atoms with Crippen LogP contribution >= 0.6 is 0 Å². The second-order valence-electron chi connectivity index (χ2n) is 6.41. The van der Waals surface area contributed by atoms with Crippen molar-refractivity contribution in [2.45, 2.75) is 58.2 Å². The van der Waals surface area contributed by atoms with Crippen LogP contribution in [0.5, 0.6) is 0 Å². The Bertz CT molecular complexity index is 195. The highest BCUT2D eigenvalue weighted by molar-refractivity contribution is 6.69. The highest BCUT2D eigenvalue weighted by Crippen LogP contribution is 2.53. The Labute approximate surface area is 95.7 Å². The van der Waals surface area contributed by atoms with Crippen LogP contribution in [-0.2, 0) is 4.43 Å². The van der Waals surface area contributed by atoms with Gasteiger partial charge in [0.15, 0.2) is 8.32 Å². The Morgan fingerprint density at radius 1 is 0.933 bits per heavy atom. The molecule has 88 valence electrons. The van der Waals surface area contributed by atoms with Crippen LogP contribution in [0.2, 0.25) is 19.6 Å². The van der Waals surface area contributed by atoms with Crippen molar-refractivity contribution in [3.8, 4) is 0 Å². The highest BCUT2D eigenvalue weighted by atomic mass is 28.4. The van der Waals surface area contributed by atoms with Crippen LogP contribution in [0.1, 0.15) is 38.5 Å². The van der Waals surface area contributed by atoms with Crippen molar-refractivity contribution in [3.63, 3.8) is 0 Å². The normalized spacial score (nSPS) is 36.6. The maximum atomic E-state index is 6.07. The van der Waals surface area contributed by atoms with Gasteiger partial charge < -0.3 is 4.43 Å². The van der Waals surface area contributed by atoms with Gasteiger partial charge in [-0.2, -0.15) is 0 Å². The average molecular weight is 226 g/mol. The van der Waals surface area contributed by atoms with Crippen LogP contribution in [0, 0.1) is 17.8 Å². The maximum Gasteiger partial charge on any atom is 0.183 e. The zero-order valence-corrected chi connectivity index (χ0v) is 11.6. The Hall–Kier alpha value is 0.177. The monoisotopic (exact) mass is 226 g/mol. The fourth-order valence-electron chi connectivity index (χ4n) is 3.09. The van der Waals surface area contributed by atoms with E-state index in [0.29, 0.717) is 0 Å². The first-order chi connectivity index (χ1) is 7.08. The fraction of sp³-hybridized carbons (Fsp3) is 1.00. The van der Waals surface area contributed by atoms with Gasteiger partial charge in [-0.15, -0.1) is 0 Å². The van der Waals surface area contributed by atoms with E-state index in [-0.39, 0.29) is 0 Å². The minimum absolute atomic E-state index is 0.940. The van der Waals surface area contributed by atoms with E-state index < -0.39 is 8.32 Å². The molecule has 2 rings (SSSR count). The van der Waals surface area contributed by atoms with Crippen LogP contribution in [0.3, 0.4) is 0 Å². The zero-order valence-electron chi connectivity index (χ0n) is 10.6. The third-order valence-electron chi connectivity index (χ3n) is 4.04.